The van der Waals surface area contributed by atoms with E-state index in [9.17, 15) is 9.59 Å². The van der Waals surface area contributed by atoms with E-state index >= 15 is 0 Å². The van der Waals surface area contributed by atoms with Crippen molar-refractivity contribution in [2.24, 2.45) is 5.92 Å². The van der Waals surface area contributed by atoms with Crippen LogP contribution < -0.4 is 16.0 Å². The molecule has 5 heteroatoms. The van der Waals surface area contributed by atoms with Gasteiger partial charge in [-0.05, 0) is 49.9 Å². The molecule has 2 amide bonds. The van der Waals surface area contributed by atoms with E-state index in [1.54, 1.807) is 24.3 Å². The molecule has 1 saturated carbocycles. The van der Waals surface area contributed by atoms with Crippen molar-refractivity contribution in [1.29, 1.82) is 0 Å². The van der Waals surface area contributed by atoms with Crippen LogP contribution in [0.1, 0.15) is 46.5 Å². The molecular weight excluding hydrogens is 290 g/mol. The Hall–Kier alpha value is -1.88. The lowest BCUT2D eigenvalue weighted by atomic mass is 9.85. The van der Waals surface area contributed by atoms with Crippen molar-refractivity contribution in [2.45, 2.75) is 58.5 Å². The van der Waals surface area contributed by atoms with E-state index in [1.807, 2.05) is 6.92 Å². The summed E-state index contributed by atoms with van der Waals surface area (Å²) in [7, 11) is 0. The monoisotopic (exact) mass is 317 g/mol. The van der Waals surface area contributed by atoms with E-state index in [2.05, 4.69) is 22.9 Å². The fourth-order valence-corrected chi connectivity index (χ4v) is 3.05. The Morgan fingerprint density at radius 1 is 1.04 bits per heavy atom. The standard InChI is InChI=1S/C18H27N3O2/c1-12-6-4-5-7-17(12)19-13(2)18(23)21-16-10-8-15(9-11-16)20-14(3)22/h8-13,17,19H,4-7H2,1-3H3,(H,20,22)(H,21,23)/t12-,13+,17+/m1/s1. The fourth-order valence-electron chi connectivity index (χ4n) is 3.05. The zero-order valence-electron chi connectivity index (χ0n) is 14.2. The van der Waals surface area contributed by atoms with Gasteiger partial charge in [-0.2, -0.15) is 0 Å². The number of nitrogens with one attached hydrogen (secondary N) is 3. The van der Waals surface area contributed by atoms with Gasteiger partial charge in [-0.15, -0.1) is 0 Å². The van der Waals surface area contributed by atoms with Gasteiger partial charge in [0.05, 0.1) is 6.04 Å². The first-order chi connectivity index (χ1) is 11.0. The van der Waals surface area contributed by atoms with E-state index < -0.39 is 0 Å². The summed E-state index contributed by atoms with van der Waals surface area (Å²) in [5.74, 6) is 0.479. The van der Waals surface area contributed by atoms with Crippen molar-refractivity contribution in [3.05, 3.63) is 24.3 Å². The lowest BCUT2D eigenvalue weighted by Gasteiger charge is -2.31. The molecule has 3 N–H and O–H groups in total. The van der Waals surface area contributed by atoms with Gasteiger partial charge < -0.3 is 16.0 Å². The molecule has 0 spiro atoms. The van der Waals surface area contributed by atoms with Crippen LogP contribution in [-0.2, 0) is 9.59 Å². The third kappa shape index (κ3) is 5.36. The molecule has 3 atom stereocenters. The lowest BCUT2D eigenvalue weighted by molar-refractivity contribution is -0.118. The van der Waals surface area contributed by atoms with E-state index in [-0.39, 0.29) is 17.9 Å². The zero-order chi connectivity index (χ0) is 16.8. The molecule has 0 aromatic heterocycles. The summed E-state index contributed by atoms with van der Waals surface area (Å²) in [5.41, 5.74) is 1.45. The maximum absolute atomic E-state index is 12.3. The van der Waals surface area contributed by atoms with Gasteiger partial charge in [0.15, 0.2) is 0 Å². The number of anilines is 2. The minimum Gasteiger partial charge on any atom is -0.326 e. The zero-order valence-corrected chi connectivity index (χ0v) is 14.2. The van der Waals surface area contributed by atoms with Crippen molar-refractivity contribution in [3.8, 4) is 0 Å². The highest BCUT2D eigenvalue weighted by Gasteiger charge is 2.24. The van der Waals surface area contributed by atoms with Crippen LogP contribution in [0.4, 0.5) is 11.4 Å². The molecule has 0 heterocycles. The minimum atomic E-state index is -0.226. The molecular formula is C18H27N3O2. The highest BCUT2D eigenvalue weighted by molar-refractivity contribution is 5.95. The second-order valence-corrected chi connectivity index (χ2v) is 6.50. The predicted molar refractivity (Wildman–Crippen MR) is 93.4 cm³/mol. The Balaban J connectivity index is 1.86. The number of hydrogen-bond acceptors (Lipinski definition) is 3. The van der Waals surface area contributed by atoms with Crippen molar-refractivity contribution in [1.82, 2.24) is 5.32 Å². The topological polar surface area (TPSA) is 70.2 Å². The van der Waals surface area contributed by atoms with E-state index in [4.69, 9.17) is 0 Å². The average molecular weight is 317 g/mol. The quantitative estimate of drug-likeness (QED) is 0.781. The van der Waals surface area contributed by atoms with Crippen LogP contribution in [0.25, 0.3) is 0 Å². The van der Waals surface area contributed by atoms with E-state index in [0.717, 1.165) is 17.8 Å². The van der Waals surface area contributed by atoms with Crippen LogP contribution in [-0.4, -0.2) is 23.9 Å². The highest BCUT2D eigenvalue weighted by Crippen LogP contribution is 2.24. The highest BCUT2D eigenvalue weighted by atomic mass is 16.2. The number of hydrogen-bond donors (Lipinski definition) is 3. The Bertz CT molecular complexity index is 542. The van der Waals surface area contributed by atoms with Crippen LogP contribution >= 0.6 is 0 Å². The summed E-state index contributed by atoms with van der Waals surface area (Å²) < 4.78 is 0. The van der Waals surface area contributed by atoms with Gasteiger partial charge in [-0.3, -0.25) is 9.59 Å². The van der Waals surface area contributed by atoms with Gasteiger partial charge in [0.1, 0.15) is 0 Å². The molecule has 5 nitrogen and oxygen atoms in total. The van der Waals surface area contributed by atoms with Crippen LogP contribution in [0.3, 0.4) is 0 Å². The van der Waals surface area contributed by atoms with E-state index in [0.29, 0.717) is 12.0 Å². The van der Waals surface area contributed by atoms with Crippen LogP contribution in [0.5, 0.6) is 0 Å². The van der Waals surface area contributed by atoms with Crippen LogP contribution in [0.15, 0.2) is 24.3 Å². The maximum Gasteiger partial charge on any atom is 0.241 e. The van der Waals surface area contributed by atoms with Crippen molar-refractivity contribution < 1.29 is 9.59 Å². The van der Waals surface area contributed by atoms with Gasteiger partial charge in [0.25, 0.3) is 0 Å². The summed E-state index contributed by atoms with van der Waals surface area (Å²) in [5, 5.41) is 9.07. The first kappa shape index (κ1) is 17.5. The van der Waals surface area contributed by atoms with Gasteiger partial charge in [0.2, 0.25) is 11.8 Å². The molecule has 0 bridgehead atoms. The maximum atomic E-state index is 12.3. The van der Waals surface area contributed by atoms with Crippen molar-refractivity contribution in [3.63, 3.8) is 0 Å². The molecule has 2 rings (SSSR count). The van der Waals surface area contributed by atoms with Crippen LogP contribution in [0, 0.1) is 5.92 Å². The molecule has 126 valence electrons. The summed E-state index contributed by atoms with van der Waals surface area (Å²) in [6.07, 6.45) is 4.91. The first-order valence-corrected chi connectivity index (χ1v) is 8.40. The van der Waals surface area contributed by atoms with Crippen molar-refractivity contribution in [2.75, 3.05) is 10.6 Å². The summed E-state index contributed by atoms with van der Waals surface area (Å²) in [6.45, 7) is 5.62. The second-order valence-electron chi connectivity index (χ2n) is 6.50. The molecule has 1 aromatic rings. The molecule has 1 aromatic carbocycles. The second kappa shape index (κ2) is 8.11. The summed E-state index contributed by atoms with van der Waals surface area (Å²) in [4.78, 5) is 23.3. The normalized spacial score (nSPS) is 22.2. The molecule has 0 aliphatic heterocycles. The third-order valence-corrected chi connectivity index (χ3v) is 4.44. The smallest absolute Gasteiger partial charge is 0.241 e. The van der Waals surface area contributed by atoms with Crippen LogP contribution in [0.2, 0.25) is 0 Å². The Morgan fingerprint density at radius 3 is 2.17 bits per heavy atom. The Kier molecular flexibility index (Phi) is 6.16. The summed E-state index contributed by atoms with van der Waals surface area (Å²) >= 11 is 0. The molecule has 0 radical (unpaired) electrons. The predicted octanol–water partition coefficient (Wildman–Crippen LogP) is 3.14. The molecule has 1 aliphatic carbocycles. The Morgan fingerprint density at radius 2 is 1.61 bits per heavy atom. The average Bonchev–Trinajstić information content (AvgIpc) is 2.51. The van der Waals surface area contributed by atoms with Gasteiger partial charge in [0, 0.05) is 24.3 Å². The van der Waals surface area contributed by atoms with Gasteiger partial charge in [-0.1, -0.05) is 19.8 Å². The molecule has 0 saturated heterocycles. The number of amides is 2. The van der Waals surface area contributed by atoms with E-state index in [1.165, 1.54) is 26.2 Å². The number of benzene rings is 1. The number of carbonyl (C=O) groups is 2. The largest absolute Gasteiger partial charge is 0.326 e. The Labute approximate surface area is 138 Å². The molecule has 1 aliphatic rings. The van der Waals surface area contributed by atoms with Gasteiger partial charge >= 0.3 is 0 Å². The minimum absolute atomic E-state index is 0.0324. The summed E-state index contributed by atoms with van der Waals surface area (Å²) in [6, 6.07) is 7.33. The number of rotatable bonds is 5. The SMILES string of the molecule is CC(=O)Nc1ccc(NC(=O)[C@H](C)N[C@H]2CCCC[C@H]2C)cc1. The molecule has 0 unspecified atom stereocenters. The fraction of sp³-hybridized carbons (Fsp3) is 0.556. The third-order valence-electron chi connectivity index (χ3n) is 4.44. The lowest BCUT2D eigenvalue weighted by Crippen LogP contribution is -2.47. The van der Waals surface area contributed by atoms with Gasteiger partial charge in [-0.25, -0.2) is 0 Å². The van der Waals surface area contributed by atoms with Crippen molar-refractivity contribution >= 4 is 23.2 Å². The molecule has 23 heavy (non-hydrogen) atoms. The number of carbonyl (C=O) groups excluding carboxylic acids is 2. The molecule has 1 fully saturated rings. The first-order valence-electron chi connectivity index (χ1n) is 8.40.